The molecule has 0 atom stereocenters. The van der Waals surface area contributed by atoms with Crippen LogP contribution in [0.5, 0.6) is 0 Å². The number of pyridine rings is 1. The molecule has 0 aliphatic rings. The van der Waals surface area contributed by atoms with Gasteiger partial charge in [0.05, 0.1) is 5.69 Å². The summed E-state index contributed by atoms with van der Waals surface area (Å²) in [6.07, 6.45) is 3.72. The van der Waals surface area contributed by atoms with Crippen LogP contribution in [0.25, 0.3) is 6.08 Å². The Morgan fingerprint density at radius 3 is 2.61 bits per heavy atom. The first kappa shape index (κ1) is 16.8. The number of carbonyl (C=O) groups excluding carboxylic acids is 1. The molecule has 0 bridgehead atoms. The van der Waals surface area contributed by atoms with Crippen LogP contribution in [0.2, 0.25) is 0 Å². The molecule has 1 amide bonds. The Morgan fingerprint density at radius 1 is 1.22 bits per heavy atom. The standard InChI is InChI=1S/C15H12F2N2O3S/c1-10-8-13(17)14(9-12(10)16)23(21,22)19-15(20)6-5-11-4-2-3-7-18-11/h2-9H,1H3,(H,19,20)/b6-5+. The molecule has 2 rings (SSSR count). The second-order valence-corrected chi connectivity index (χ2v) is 6.24. The number of nitrogens with zero attached hydrogens (tertiary/aromatic N) is 1. The van der Waals surface area contributed by atoms with Crippen LogP contribution < -0.4 is 4.72 Å². The van der Waals surface area contributed by atoms with E-state index in [0.29, 0.717) is 11.8 Å². The van der Waals surface area contributed by atoms with E-state index in [-0.39, 0.29) is 5.56 Å². The molecule has 1 N–H and O–H groups in total. The fraction of sp³-hybridized carbons (Fsp3) is 0.0667. The highest BCUT2D eigenvalue weighted by atomic mass is 32.2. The highest BCUT2D eigenvalue weighted by Gasteiger charge is 2.22. The summed E-state index contributed by atoms with van der Waals surface area (Å²) in [6, 6.07) is 6.25. The minimum Gasteiger partial charge on any atom is -0.269 e. The highest BCUT2D eigenvalue weighted by Crippen LogP contribution is 2.18. The van der Waals surface area contributed by atoms with Crippen LogP contribution in [0.15, 0.2) is 47.5 Å². The normalized spacial score (nSPS) is 11.6. The number of rotatable bonds is 4. The number of aryl methyl sites for hydroxylation is 1. The van der Waals surface area contributed by atoms with Crippen molar-refractivity contribution in [2.75, 3.05) is 0 Å². The molecule has 0 saturated carbocycles. The van der Waals surface area contributed by atoms with Gasteiger partial charge >= 0.3 is 0 Å². The van der Waals surface area contributed by atoms with Crippen LogP contribution in [-0.4, -0.2) is 19.3 Å². The number of nitrogens with one attached hydrogen (secondary N) is 1. The molecule has 0 radical (unpaired) electrons. The van der Waals surface area contributed by atoms with Crippen LogP contribution in [-0.2, 0) is 14.8 Å². The van der Waals surface area contributed by atoms with E-state index in [1.165, 1.54) is 19.2 Å². The van der Waals surface area contributed by atoms with Gasteiger partial charge in [0.25, 0.3) is 15.9 Å². The van der Waals surface area contributed by atoms with Crippen molar-refractivity contribution >= 4 is 22.0 Å². The Balaban J connectivity index is 2.20. The number of carbonyl (C=O) groups is 1. The number of halogens is 2. The molecule has 1 heterocycles. The topological polar surface area (TPSA) is 76.1 Å². The van der Waals surface area contributed by atoms with Gasteiger partial charge in [-0.1, -0.05) is 6.07 Å². The second-order valence-electron chi connectivity index (χ2n) is 4.59. The predicted molar refractivity (Wildman–Crippen MR) is 79.7 cm³/mol. The summed E-state index contributed by atoms with van der Waals surface area (Å²) in [5.41, 5.74) is 0.399. The third-order valence-electron chi connectivity index (χ3n) is 2.83. The molecule has 1 aromatic carbocycles. The largest absolute Gasteiger partial charge is 0.269 e. The van der Waals surface area contributed by atoms with Crippen LogP contribution in [0.1, 0.15) is 11.3 Å². The Kier molecular flexibility index (Phi) is 4.85. The zero-order valence-corrected chi connectivity index (χ0v) is 12.8. The smallest absolute Gasteiger partial charge is 0.267 e. The molecule has 23 heavy (non-hydrogen) atoms. The average Bonchev–Trinajstić information content (AvgIpc) is 2.49. The minimum absolute atomic E-state index is 0.0391. The molecule has 0 aliphatic carbocycles. The molecule has 0 aliphatic heterocycles. The van der Waals surface area contributed by atoms with Gasteiger partial charge < -0.3 is 0 Å². The lowest BCUT2D eigenvalue weighted by atomic mass is 10.2. The van der Waals surface area contributed by atoms with Gasteiger partial charge in [-0.2, -0.15) is 0 Å². The molecular formula is C15H12F2N2O3S. The van der Waals surface area contributed by atoms with Crippen LogP contribution >= 0.6 is 0 Å². The number of benzene rings is 1. The van der Waals surface area contributed by atoms with E-state index >= 15 is 0 Å². The van der Waals surface area contributed by atoms with Gasteiger partial charge in [0, 0.05) is 12.3 Å². The number of amides is 1. The average molecular weight is 338 g/mol. The summed E-state index contributed by atoms with van der Waals surface area (Å²) in [5.74, 6) is -3.03. The van der Waals surface area contributed by atoms with Crippen molar-refractivity contribution in [1.29, 1.82) is 0 Å². The summed E-state index contributed by atoms with van der Waals surface area (Å²) in [6.45, 7) is 1.29. The maximum atomic E-state index is 13.7. The lowest BCUT2D eigenvalue weighted by molar-refractivity contribution is -0.114. The molecule has 0 spiro atoms. The fourth-order valence-corrected chi connectivity index (χ4v) is 2.71. The lowest BCUT2D eigenvalue weighted by Gasteiger charge is -2.07. The molecular weight excluding hydrogens is 326 g/mol. The van der Waals surface area contributed by atoms with Gasteiger partial charge in [0.15, 0.2) is 0 Å². The molecule has 1 aromatic heterocycles. The zero-order valence-electron chi connectivity index (χ0n) is 12.0. The molecule has 0 fully saturated rings. The van der Waals surface area contributed by atoms with Crippen molar-refractivity contribution in [1.82, 2.24) is 9.71 Å². The Hall–Kier alpha value is -2.61. The van der Waals surface area contributed by atoms with Gasteiger partial charge in [0.1, 0.15) is 16.5 Å². The van der Waals surface area contributed by atoms with Crippen molar-refractivity contribution in [3.05, 3.63) is 65.5 Å². The van der Waals surface area contributed by atoms with Gasteiger partial charge in [0.2, 0.25) is 0 Å². The zero-order chi connectivity index (χ0) is 17.0. The third kappa shape index (κ3) is 4.19. The van der Waals surface area contributed by atoms with Gasteiger partial charge in [-0.05, 0) is 42.8 Å². The first-order valence-electron chi connectivity index (χ1n) is 6.41. The Bertz CT molecular complexity index is 866. The molecule has 0 saturated heterocycles. The van der Waals surface area contributed by atoms with Gasteiger partial charge in [-0.25, -0.2) is 21.9 Å². The maximum absolute atomic E-state index is 13.7. The Morgan fingerprint density at radius 2 is 1.96 bits per heavy atom. The van der Waals surface area contributed by atoms with E-state index in [4.69, 9.17) is 0 Å². The summed E-state index contributed by atoms with van der Waals surface area (Å²) in [4.78, 5) is 14.6. The fourth-order valence-electron chi connectivity index (χ4n) is 1.69. The lowest BCUT2D eigenvalue weighted by Crippen LogP contribution is -2.29. The SMILES string of the molecule is Cc1cc(F)c(S(=O)(=O)NC(=O)/C=C/c2ccccn2)cc1F. The van der Waals surface area contributed by atoms with Crippen molar-refractivity contribution in [2.24, 2.45) is 0 Å². The van der Waals surface area contributed by atoms with Crippen molar-refractivity contribution < 1.29 is 22.0 Å². The molecule has 0 unspecified atom stereocenters. The molecule has 2 aromatic rings. The van der Waals surface area contributed by atoms with Gasteiger partial charge in [-0.15, -0.1) is 0 Å². The number of hydrogen-bond acceptors (Lipinski definition) is 4. The van der Waals surface area contributed by atoms with Crippen LogP contribution in [0.3, 0.4) is 0 Å². The second kappa shape index (κ2) is 6.66. The van der Waals surface area contributed by atoms with Crippen LogP contribution in [0, 0.1) is 18.6 Å². The maximum Gasteiger partial charge on any atom is 0.267 e. The molecule has 120 valence electrons. The van der Waals surface area contributed by atoms with Crippen LogP contribution in [0.4, 0.5) is 8.78 Å². The summed E-state index contributed by atoms with van der Waals surface area (Å²) in [5, 5.41) is 0. The van der Waals surface area contributed by atoms with E-state index in [0.717, 1.165) is 12.1 Å². The van der Waals surface area contributed by atoms with E-state index in [9.17, 15) is 22.0 Å². The van der Waals surface area contributed by atoms with E-state index < -0.39 is 32.5 Å². The number of hydrogen-bond donors (Lipinski definition) is 1. The van der Waals surface area contributed by atoms with E-state index in [2.05, 4.69) is 4.98 Å². The van der Waals surface area contributed by atoms with Crippen molar-refractivity contribution in [3.8, 4) is 0 Å². The monoisotopic (exact) mass is 338 g/mol. The quantitative estimate of drug-likeness (QED) is 0.867. The summed E-state index contributed by atoms with van der Waals surface area (Å²) in [7, 11) is -4.52. The summed E-state index contributed by atoms with van der Waals surface area (Å²) >= 11 is 0. The molecule has 8 heteroatoms. The third-order valence-corrected chi connectivity index (χ3v) is 4.19. The predicted octanol–water partition coefficient (Wildman–Crippen LogP) is 2.19. The first-order valence-corrected chi connectivity index (χ1v) is 7.89. The van der Waals surface area contributed by atoms with Crippen molar-refractivity contribution in [3.63, 3.8) is 0 Å². The van der Waals surface area contributed by atoms with Gasteiger partial charge in [-0.3, -0.25) is 9.78 Å². The first-order chi connectivity index (χ1) is 10.8. The minimum atomic E-state index is -4.52. The van der Waals surface area contributed by atoms with E-state index in [1.807, 2.05) is 0 Å². The van der Waals surface area contributed by atoms with E-state index in [1.54, 1.807) is 22.9 Å². The highest BCUT2D eigenvalue weighted by molar-refractivity contribution is 7.90. The number of sulfonamides is 1. The van der Waals surface area contributed by atoms with Crippen molar-refractivity contribution in [2.45, 2.75) is 11.8 Å². The molecule has 5 nitrogen and oxygen atoms in total. The summed E-state index contributed by atoms with van der Waals surface area (Å²) < 4.78 is 52.7. The Labute approximate surface area is 131 Å². The number of aromatic nitrogens is 1.